The van der Waals surface area contributed by atoms with Gasteiger partial charge in [0.2, 0.25) is 0 Å². The predicted octanol–water partition coefficient (Wildman–Crippen LogP) is 3.20. The van der Waals surface area contributed by atoms with Crippen molar-refractivity contribution in [2.45, 2.75) is 12.8 Å². The minimum absolute atomic E-state index is 0.0538. The Kier molecular flexibility index (Phi) is 7.73. The van der Waals surface area contributed by atoms with Crippen molar-refractivity contribution in [1.82, 2.24) is 10.2 Å². The number of amides is 1. The van der Waals surface area contributed by atoms with Crippen molar-refractivity contribution < 1.29 is 19.0 Å². The molecule has 0 atom stereocenters. The van der Waals surface area contributed by atoms with Crippen molar-refractivity contribution in [1.29, 1.82) is 0 Å². The van der Waals surface area contributed by atoms with Crippen LogP contribution in [0.15, 0.2) is 48.0 Å². The van der Waals surface area contributed by atoms with Crippen LogP contribution in [0.1, 0.15) is 18.4 Å². The Balaban J connectivity index is 1.15. The molecule has 0 bridgehead atoms. The molecule has 2 aromatic rings. The minimum Gasteiger partial charge on any atom is -0.497 e. The quantitative estimate of drug-likeness (QED) is 0.591. The molecule has 33 heavy (non-hydrogen) atoms. The molecule has 0 aliphatic carbocycles. The van der Waals surface area contributed by atoms with Gasteiger partial charge in [-0.1, -0.05) is 12.1 Å². The van der Waals surface area contributed by atoms with Crippen LogP contribution in [0.25, 0.3) is 6.08 Å². The molecular formula is C26H33N3O4. The van der Waals surface area contributed by atoms with Crippen molar-refractivity contribution in [2.24, 2.45) is 0 Å². The van der Waals surface area contributed by atoms with Gasteiger partial charge in [-0.15, -0.1) is 0 Å². The van der Waals surface area contributed by atoms with Gasteiger partial charge in [0.1, 0.15) is 23.9 Å². The van der Waals surface area contributed by atoms with Crippen molar-refractivity contribution >= 4 is 17.7 Å². The van der Waals surface area contributed by atoms with E-state index in [0.717, 1.165) is 68.4 Å². The molecule has 1 N–H and O–H groups in total. The van der Waals surface area contributed by atoms with E-state index in [1.54, 1.807) is 14.2 Å². The van der Waals surface area contributed by atoms with Crippen LogP contribution in [0.5, 0.6) is 17.2 Å². The van der Waals surface area contributed by atoms with Gasteiger partial charge in [0.05, 0.1) is 25.5 Å². The van der Waals surface area contributed by atoms with E-state index in [9.17, 15) is 4.79 Å². The number of piperazine rings is 1. The SMILES string of the molecule is COc1ccc2c(c1)OCC(C(=O)NCCCCN1CCN(c3ccccc3OC)CC1)=C2. The smallest absolute Gasteiger partial charge is 0.250 e. The molecule has 1 fully saturated rings. The van der Waals surface area contributed by atoms with E-state index < -0.39 is 0 Å². The molecule has 0 unspecified atom stereocenters. The van der Waals surface area contributed by atoms with Gasteiger partial charge in [-0.3, -0.25) is 9.69 Å². The summed E-state index contributed by atoms with van der Waals surface area (Å²) in [6.45, 7) is 6.08. The zero-order valence-electron chi connectivity index (χ0n) is 19.5. The topological polar surface area (TPSA) is 63.3 Å². The Bertz CT molecular complexity index is 983. The Hall–Kier alpha value is -3.19. The number of fused-ring (bicyclic) bond motifs is 1. The summed E-state index contributed by atoms with van der Waals surface area (Å²) in [6, 6.07) is 13.8. The number of hydrogen-bond acceptors (Lipinski definition) is 6. The first-order chi connectivity index (χ1) is 16.2. The molecule has 0 saturated carbocycles. The number of carbonyl (C=O) groups is 1. The molecule has 7 nitrogen and oxygen atoms in total. The highest BCUT2D eigenvalue weighted by Gasteiger charge is 2.20. The lowest BCUT2D eigenvalue weighted by Gasteiger charge is -2.36. The van der Waals surface area contributed by atoms with E-state index in [4.69, 9.17) is 14.2 Å². The molecule has 2 aliphatic heterocycles. The molecule has 176 valence electrons. The maximum Gasteiger partial charge on any atom is 0.250 e. The fourth-order valence-electron chi connectivity index (χ4n) is 4.28. The maximum absolute atomic E-state index is 12.5. The monoisotopic (exact) mass is 451 g/mol. The van der Waals surface area contributed by atoms with E-state index >= 15 is 0 Å². The summed E-state index contributed by atoms with van der Waals surface area (Å²) in [7, 11) is 3.35. The van der Waals surface area contributed by atoms with Crippen LogP contribution in [0.2, 0.25) is 0 Å². The van der Waals surface area contributed by atoms with Gasteiger partial charge in [-0.25, -0.2) is 0 Å². The second-order valence-electron chi connectivity index (χ2n) is 8.33. The van der Waals surface area contributed by atoms with Gasteiger partial charge in [-0.2, -0.15) is 0 Å². The Morgan fingerprint density at radius 2 is 1.85 bits per heavy atom. The summed E-state index contributed by atoms with van der Waals surface area (Å²) in [5.74, 6) is 2.37. The largest absolute Gasteiger partial charge is 0.497 e. The first kappa shape index (κ1) is 23.0. The zero-order chi connectivity index (χ0) is 23.0. The Morgan fingerprint density at radius 1 is 1.03 bits per heavy atom. The average Bonchev–Trinajstić information content (AvgIpc) is 2.88. The fraction of sp³-hybridized carbons (Fsp3) is 0.423. The Morgan fingerprint density at radius 3 is 2.64 bits per heavy atom. The van der Waals surface area contributed by atoms with Gasteiger partial charge in [-0.05, 0) is 49.7 Å². The number of nitrogens with one attached hydrogen (secondary N) is 1. The van der Waals surface area contributed by atoms with Gasteiger partial charge in [0.15, 0.2) is 0 Å². The Labute approximate surface area is 195 Å². The average molecular weight is 452 g/mol. The normalized spacial score (nSPS) is 15.8. The third-order valence-corrected chi connectivity index (χ3v) is 6.21. The summed E-state index contributed by atoms with van der Waals surface area (Å²) >= 11 is 0. The summed E-state index contributed by atoms with van der Waals surface area (Å²) in [5.41, 5.74) is 2.73. The van der Waals surface area contributed by atoms with E-state index in [1.165, 1.54) is 5.69 Å². The number of methoxy groups -OCH3 is 2. The second kappa shape index (κ2) is 11.1. The molecule has 0 aromatic heterocycles. The molecule has 2 aliphatic rings. The van der Waals surface area contributed by atoms with Crippen LogP contribution >= 0.6 is 0 Å². The number of nitrogens with zero attached hydrogens (tertiary/aromatic N) is 2. The van der Waals surface area contributed by atoms with Gasteiger partial charge in [0, 0.05) is 44.4 Å². The predicted molar refractivity (Wildman–Crippen MR) is 130 cm³/mol. The summed E-state index contributed by atoms with van der Waals surface area (Å²) < 4.78 is 16.5. The molecule has 2 aromatic carbocycles. The number of ether oxygens (including phenoxy) is 3. The van der Waals surface area contributed by atoms with Gasteiger partial charge >= 0.3 is 0 Å². The highest BCUT2D eigenvalue weighted by molar-refractivity contribution is 5.99. The highest BCUT2D eigenvalue weighted by atomic mass is 16.5. The maximum atomic E-state index is 12.5. The number of para-hydroxylation sites is 2. The van der Waals surface area contributed by atoms with E-state index in [2.05, 4.69) is 27.2 Å². The van der Waals surface area contributed by atoms with Crippen molar-refractivity contribution in [3.63, 3.8) is 0 Å². The van der Waals surface area contributed by atoms with Crippen LogP contribution in [0.4, 0.5) is 5.69 Å². The number of rotatable bonds is 9. The van der Waals surface area contributed by atoms with Gasteiger partial charge in [0.25, 0.3) is 5.91 Å². The molecule has 0 radical (unpaired) electrons. The molecule has 0 spiro atoms. The van der Waals surface area contributed by atoms with E-state index in [1.807, 2.05) is 36.4 Å². The lowest BCUT2D eigenvalue weighted by atomic mass is 10.1. The van der Waals surface area contributed by atoms with Crippen molar-refractivity contribution in [3.8, 4) is 17.2 Å². The van der Waals surface area contributed by atoms with E-state index in [0.29, 0.717) is 12.1 Å². The lowest BCUT2D eigenvalue weighted by molar-refractivity contribution is -0.117. The molecule has 4 rings (SSSR count). The number of unbranched alkanes of at least 4 members (excludes halogenated alkanes) is 1. The van der Waals surface area contributed by atoms with Crippen molar-refractivity contribution in [3.05, 3.63) is 53.6 Å². The van der Waals surface area contributed by atoms with E-state index in [-0.39, 0.29) is 12.5 Å². The second-order valence-corrected chi connectivity index (χ2v) is 8.33. The third-order valence-electron chi connectivity index (χ3n) is 6.21. The summed E-state index contributed by atoms with van der Waals surface area (Å²) in [4.78, 5) is 17.4. The lowest BCUT2D eigenvalue weighted by Crippen LogP contribution is -2.46. The number of benzene rings is 2. The van der Waals surface area contributed by atoms with Crippen LogP contribution in [0, 0.1) is 0 Å². The summed E-state index contributed by atoms with van der Waals surface area (Å²) in [5, 5.41) is 3.03. The molecular weight excluding hydrogens is 418 g/mol. The van der Waals surface area contributed by atoms with Crippen LogP contribution < -0.4 is 24.4 Å². The minimum atomic E-state index is -0.0538. The molecule has 1 saturated heterocycles. The van der Waals surface area contributed by atoms with Crippen LogP contribution in [-0.2, 0) is 4.79 Å². The van der Waals surface area contributed by atoms with Crippen LogP contribution in [0.3, 0.4) is 0 Å². The fourth-order valence-corrected chi connectivity index (χ4v) is 4.28. The molecule has 7 heteroatoms. The molecule has 1 amide bonds. The first-order valence-corrected chi connectivity index (χ1v) is 11.6. The highest BCUT2D eigenvalue weighted by Crippen LogP contribution is 2.30. The number of carbonyl (C=O) groups excluding carboxylic acids is 1. The zero-order valence-corrected chi connectivity index (χ0v) is 19.5. The number of hydrogen-bond donors (Lipinski definition) is 1. The molecule has 2 heterocycles. The first-order valence-electron chi connectivity index (χ1n) is 11.6. The number of anilines is 1. The standard InChI is InChI=1S/C26H33N3O4/c1-31-22-10-9-20-17-21(19-33-25(20)18-22)26(30)27-11-5-6-12-28-13-15-29(16-14-28)23-7-3-4-8-24(23)32-2/h3-4,7-10,17-18H,5-6,11-16,19H2,1-2H3,(H,27,30). The third kappa shape index (κ3) is 5.79. The van der Waals surface area contributed by atoms with Crippen molar-refractivity contribution in [2.75, 3.05) is 65.0 Å². The van der Waals surface area contributed by atoms with Crippen LogP contribution in [-0.4, -0.2) is 70.9 Å². The van der Waals surface area contributed by atoms with Gasteiger partial charge < -0.3 is 24.4 Å². The summed E-state index contributed by atoms with van der Waals surface area (Å²) in [6.07, 6.45) is 3.92.